The Morgan fingerprint density at radius 3 is 2.79 bits per heavy atom. The zero-order chi connectivity index (χ0) is 13.8. The maximum absolute atomic E-state index is 6.04. The third-order valence-corrected chi connectivity index (χ3v) is 4.24. The molecular weight excluding hydrogens is 276 g/mol. The van der Waals surface area contributed by atoms with Crippen molar-refractivity contribution in [3.63, 3.8) is 0 Å². The average molecular weight is 295 g/mol. The first-order chi connectivity index (χ1) is 9.10. The van der Waals surface area contributed by atoms with Crippen molar-refractivity contribution in [3.8, 4) is 10.6 Å². The van der Waals surface area contributed by atoms with Crippen LogP contribution in [0.15, 0.2) is 24.3 Å². The predicted molar refractivity (Wildman–Crippen MR) is 83.9 cm³/mol. The Morgan fingerprint density at radius 2 is 2.16 bits per heavy atom. The van der Waals surface area contributed by atoms with Crippen molar-refractivity contribution in [1.29, 1.82) is 0 Å². The van der Waals surface area contributed by atoms with Crippen molar-refractivity contribution in [2.24, 2.45) is 0 Å². The summed E-state index contributed by atoms with van der Waals surface area (Å²) in [7, 11) is 0. The highest BCUT2D eigenvalue weighted by atomic mass is 35.5. The fraction of sp³-hybridized carbons (Fsp3) is 0.400. The zero-order valence-electron chi connectivity index (χ0n) is 11.5. The van der Waals surface area contributed by atoms with Gasteiger partial charge in [0.25, 0.3) is 0 Å². The second-order valence-electron chi connectivity index (χ2n) is 4.79. The monoisotopic (exact) mass is 294 g/mol. The SMILES string of the molecule is CCc1nc(-c2cccc(Cl)c2)sc1CNC(C)C. The van der Waals surface area contributed by atoms with Crippen molar-refractivity contribution in [1.82, 2.24) is 10.3 Å². The highest BCUT2D eigenvalue weighted by molar-refractivity contribution is 7.15. The van der Waals surface area contributed by atoms with E-state index in [1.807, 2.05) is 18.2 Å². The summed E-state index contributed by atoms with van der Waals surface area (Å²) in [5, 5.41) is 5.27. The summed E-state index contributed by atoms with van der Waals surface area (Å²) >= 11 is 7.80. The van der Waals surface area contributed by atoms with E-state index in [0.29, 0.717) is 6.04 Å². The van der Waals surface area contributed by atoms with Crippen molar-refractivity contribution in [2.75, 3.05) is 0 Å². The number of rotatable bonds is 5. The first kappa shape index (κ1) is 14.5. The fourth-order valence-corrected chi connectivity index (χ4v) is 3.13. The van der Waals surface area contributed by atoms with E-state index >= 15 is 0 Å². The first-order valence-corrected chi connectivity index (χ1v) is 7.77. The van der Waals surface area contributed by atoms with Crippen molar-refractivity contribution in [3.05, 3.63) is 39.9 Å². The van der Waals surface area contributed by atoms with E-state index in [-0.39, 0.29) is 0 Å². The molecule has 2 nitrogen and oxygen atoms in total. The quantitative estimate of drug-likeness (QED) is 0.877. The maximum Gasteiger partial charge on any atom is 0.123 e. The van der Waals surface area contributed by atoms with Gasteiger partial charge in [0.2, 0.25) is 0 Å². The van der Waals surface area contributed by atoms with Gasteiger partial charge in [-0.15, -0.1) is 11.3 Å². The van der Waals surface area contributed by atoms with Gasteiger partial charge in [-0.2, -0.15) is 0 Å². The van der Waals surface area contributed by atoms with Crippen LogP contribution in [0.1, 0.15) is 31.3 Å². The molecule has 1 N–H and O–H groups in total. The van der Waals surface area contributed by atoms with Gasteiger partial charge >= 0.3 is 0 Å². The molecule has 0 amide bonds. The smallest absolute Gasteiger partial charge is 0.123 e. The number of hydrogen-bond donors (Lipinski definition) is 1. The normalized spacial score (nSPS) is 11.2. The molecule has 0 aliphatic carbocycles. The van der Waals surface area contributed by atoms with Gasteiger partial charge in [-0.1, -0.05) is 44.5 Å². The molecule has 1 aromatic heterocycles. The second-order valence-corrected chi connectivity index (χ2v) is 6.31. The van der Waals surface area contributed by atoms with Crippen molar-refractivity contribution in [2.45, 2.75) is 39.8 Å². The Balaban J connectivity index is 2.27. The lowest BCUT2D eigenvalue weighted by molar-refractivity contribution is 0.590. The van der Waals surface area contributed by atoms with Crippen LogP contribution < -0.4 is 5.32 Å². The molecule has 102 valence electrons. The van der Waals surface area contributed by atoms with E-state index < -0.39 is 0 Å². The lowest BCUT2D eigenvalue weighted by atomic mass is 10.2. The number of aryl methyl sites for hydroxylation is 1. The molecule has 0 bridgehead atoms. The molecule has 1 heterocycles. The van der Waals surface area contributed by atoms with E-state index in [1.54, 1.807) is 11.3 Å². The van der Waals surface area contributed by atoms with Gasteiger partial charge in [0, 0.05) is 28.0 Å². The molecule has 0 saturated heterocycles. The molecular formula is C15H19ClN2S. The Kier molecular flexibility index (Phi) is 4.97. The summed E-state index contributed by atoms with van der Waals surface area (Å²) in [6.07, 6.45) is 0.964. The summed E-state index contributed by atoms with van der Waals surface area (Å²) in [6.45, 7) is 7.35. The standard InChI is InChI=1S/C15H19ClN2S/c1-4-13-14(9-17-10(2)3)19-15(18-13)11-6-5-7-12(16)8-11/h5-8,10,17H,4,9H2,1-3H3. The Morgan fingerprint density at radius 1 is 1.37 bits per heavy atom. The minimum absolute atomic E-state index is 0.487. The van der Waals surface area contributed by atoms with E-state index in [0.717, 1.165) is 28.6 Å². The minimum atomic E-state index is 0.487. The van der Waals surface area contributed by atoms with Gasteiger partial charge in [-0.25, -0.2) is 4.98 Å². The van der Waals surface area contributed by atoms with E-state index in [2.05, 4.69) is 32.2 Å². The predicted octanol–water partition coefficient (Wildman–Crippen LogP) is 4.52. The third kappa shape index (κ3) is 3.78. The molecule has 0 radical (unpaired) electrons. The van der Waals surface area contributed by atoms with Crippen LogP contribution in [0.2, 0.25) is 5.02 Å². The Bertz CT molecular complexity index is 549. The summed E-state index contributed by atoms with van der Waals surface area (Å²) in [5.74, 6) is 0. The molecule has 4 heteroatoms. The number of nitrogens with one attached hydrogen (secondary N) is 1. The van der Waals surface area contributed by atoms with Crippen LogP contribution in [0.3, 0.4) is 0 Å². The van der Waals surface area contributed by atoms with Gasteiger partial charge < -0.3 is 5.32 Å². The highest BCUT2D eigenvalue weighted by Gasteiger charge is 2.11. The number of thiazole rings is 1. The number of benzene rings is 1. The minimum Gasteiger partial charge on any atom is -0.310 e. The number of halogens is 1. The van der Waals surface area contributed by atoms with Crippen LogP contribution in [0.5, 0.6) is 0 Å². The maximum atomic E-state index is 6.04. The van der Waals surface area contributed by atoms with Gasteiger partial charge in [0.1, 0.15) is 5.01 Å². The second kappa shape index (κ2) is 6.51. The van der Waals surface area contributed by atoms with Crippen molar-refractivity contribution < 1.29 is 0 Å². The fourth-order valence-electron chi connectivity index (χ4n) is 1.84. The van der Waals surface area contributed by atoms with Gasteiger partial charge in [0.05, 0.1) is 5.69 Å². The summed E-state index contributed by atoms with van der Waals surface area (Å²) in [5.41, 5.74) is 2.29. The zero-order valence-corrected chi connectivity index (χ0v) is 13.1. The third-order valence-electron chi connectivity index (χ3n) is 2.86. The largest absolute Gasteiger partial charge is 0.310 e. The summed E-state index contributed by atoms with van der Waals surface area (Å²) in [4.78, 5) is 6.06. The molecule has 1 aromatic carbocycles. The van der Waals surface area contributed by atoms with Crippen LogP contribution in [0, 0.1) is 0 Å². The van der Waals surface area contributed by atoms with Crippen molar-refractivity contribution >= 4 is 22.9 Å². The van der Waals surface area contributed by atoms with E-state index in [9.17, 15) is 0 Å². The molecule has 0 spiro atoms. The number of hydrogen-bond acceptors (Lipinski definition) is 3. The molecule has 0 unspecified atom stereocenters. The first-order valence-electron chi connectivity index (χ1n) is 6.58. The molecule has 0 aliphatic rings. The molecule has 0 fully saturated rings. The van der Waals surface area contributed by atoms with Crippen LogP contribution in [0.25, 0.3) is 10.6 Å². The molecule has 0 atom stereocenters. The molecule has 0 saturated carbocycles. The molecule has 19 heavy (non-hydrogen) atoms. The Hall–Kier alpha value is -0.900. The molecule has 2 aromatic rings. The Labute approximate surface area is 123 Å². The van der Waals surface area contributed by atoms with Crippen LogP contribution in [-0.2, 0) is 13.0 Å². The van der Waals surface area contributed by atoms with Gasteiger partial charge in [0.15, 0.2) is 0 Å². The number of aromatic nitrogens is 1. The number of nitrogens with zero attached hydrogens (tertiary/aromatic N) is 1. The van der Waals surface area contributed by atoms with Crippen LogP contribution in [0.4, 0.5) is 0 Å². The summed E-state index contributed by atoms with van der Waals surface area (Å²) in [6, 6.07) is 8.38. The highest BCUT2D eigenvalue weighted by Crippen LogP contribution is 2.30. The topological polar surface area (TPSA) is 24.9 Å². The molecule has 2 rings (SSSR count). The van der Waals surface area contributed by atoms with E-state index in [1.165, 1.54) is 10.6 Å². The summed E-state index contributed by atoms with van der Waals surface area (Å²) < 4.78 is 0. The van der Waals surface area contributed by atoms with Crippen LogP contribution in [-0.4, -0.2) is 11.0 Å². The lowest BCUT2D eigenvalue weighted by Crippen LogP contribution is -2.21. The lowest BCUT2D eigenvalue weighted by Gasteiger charge is -2.06. The van der Waals surface area contributed by atoms with Gasteiger partial charge in [-0.05, 0) is 18.6 Å². The van der Waals surface area contributed by atoms with Gasteiger partial charge in [-0.3, -0.25) is 0 Å². The molecule has 0 aliphatic heterocycles. The van der Waals surface area contributed by atoms with Crippen LogP contribution >= 0.6 is 22.9 Å². The average Bonchev–Trinajstić information content (AvgIpc) is 2.79. The van der Waals surface area contributed by atoms with E-state index in [4.69, 9.17) is 16.6 Å².